The van der Waals surface area contributed by atoms with Crippen LogP contribution in [0.2, 0.25) is 0 Å². The number of ether oxygens (including phenoxy) is 4. The Morgan fingerprint density at radius 3 is 2.23 bits per heavy atom. The number of amides is 1. The normalized spacial score (nSPS) is 10.6. The molecule has 1 N–H and O–H groups in total. The van der Waals surface area contributed by atoms with Gasteiger partial charge in [-0.05, 0) is 66.2 Å². The number of carbonyl (C=O) groups excluding carboxylic acids is 2. The Morgan fingerprint density at radius 2 is 1.51 bits per heavy atom. The van der Waals surface area contributed by atoms with Crippen molar-refractivity contribution in [1.82, 2.24) is 5.43 Å². The second kappa shape index (κ2) is 13.3. The Labute approximate surface area is 234 Å². The number of nitrogens with one attached hydrogen (secondary N) is 1. The van der Waals surface area contributed by atoms with Crippen LogP contribution < -0.4 is 24.4 Å². The minimum Gasteiger partial charge on any atom is -0.493 e. The number of carbonyl (C=O) groups is 2. The van der Waals surface area contributed by atoms with Gasteiger partial charge in [0.25, 0.3) is 5.91 Å². The Kier molecular flexibility index (Phi) is 9.31. The van der Waals surface area contributed by atoms with Crippen LogP contribution in [0.25, 0.3) is 0 Å². The maximum absolute atomic E-state index is 12.8. The molecule has 9 heteroatoms. The molecule has 39 heavy (non-hydrogen) atoms. The van der Waals surface area contributed by atoms with E-state index in [9.17, 15) is 9.59 Å². The summed E-state index contributed by atoms with van der Waals surface area (Å²) in [7, 11) is 3.00. The zero-order valence-corrected chi connectivity index (χ0v) is 22.8. The zero-order valence-electron chi connectivity index (χ0n) is 21.2. The first-order valence-corrected chi connectivity index (χ1v) is 12.6. The van der Waals surface area contributed by atoms with Crippen molar-refractivity contribution in [3.63, 3.8) is 0 Å². The summed E-state index contributed by atoms with van der Waals surface area (Å²) in [5.41, 5.74) is 4.70. The van der Waals surface area contributed by atoms with Crippen LogP contribution in [0, 0.1) is 0 Å². The average Bonchev–Trinajstić information content (AvgIpc) is 2.97. The molecule has 8 nitrogen and oxygen atoms in total. The molecule has 0 aliphatic rings. The van der Waals surface area contributed by atoms with Gasteiger partial charge in [-0.25, -0.2) is 10.2 Å². The predicted octanol–water partition coefficient (Wildman–Crippen LogP) is 6.03. The summed E-state index contributed by atoms with van der Waals surface area (Å²) in [6, 6.07) is 26.4. The molecule has 0 unspecified atom stereocenters. The van der Waals surface area contributed by atoms with Gasteiger partial charge in [0.2, 0.25) is 0 Å². The summed E-state index contributed by atoms with van der Waals surface area (Å²) in [6.07, 6.45) is 1.40. The lowest BCUT2D eigenvalue weighted by atomic mass is 10.2. The number of hydrazone groups is 1. The standard InChI is InChI=1S/C30H25BrN2O6/c1-36-27-14-10-22(17-28(27)37-2)30(35)39-26-15-11-24(31)16-23(26)18-32-33-29(34)21-8-12-25(13-9-21)38-19-20-6-4-3-5-7-20/h3-18H,19H2,1-2H3,(H,33,34)/b32-18-. The van der Waals surface area contributed by atoms with E-state index in [0.717, 1.165) is 10.0 Å². The SMILES string of the molecule is COc1ccc(C(=O)Oc2ccc(Br)cc2/C=N\NC(=O)c2ccc(OCc3ccccc3)cc2)cc1OC. The molecule has 4 aromatic rings. The first-order valence-electron chi connectivity index (χ1n) is 11.8. The summed E-state index contributed by atoms with van der Waals surface area (Å²) in [4.78, 5) is 25.4. The van der Waals surface area contributed by atoms with E-state index >= 15 is 0 Å². The molecule has 0 saturated heterocycles. The van der Waals surface area contributed by atoms with Gasteiger partial charge in [-0.3, -0.25) is 4.79 Å². The van der Waals surface area contributed by atoms with E-state index in [1.807, 2.05) is 30.3 Å². The lowest BCUT2D eigenvalue weighted by Crippen LogP contribution is -2.17. The molecule has 4 aromatic carbocycles. The fourth-order valence-corrected chi connectivity index (χ4v) is 3.88. The molecule has 0 radical (unpaired) electrons. The van der Waals surface area contributed by atoms with Gasteiger partial charge in [0.05, 0.1) is 26.0 Å². The van der Waals surface area contributed by atoms with Crippen LogP contribution in [0.3, 0.4) is 0 Å². The number of rotatable bonds is 10. The molecular weight excluding hydrogens is 564 g/mol. The van der Waals surface area contributed by atoms with E-state index in [2.05, 4.69) is 26.5 Å². The molecule has 0 bridgehead atoms. The van der Waals surface area contributed by atoms with E-state index in [1.165, 1.54) is 26.5 Å². The van der Waals surface area contributed by atoms with Crippen molar-refractivity contribution < 1.29 is 28.5 Å². The predicted molar refractivity (Wildman–Crippen MR) is 151 cm³/mol. The summed E-state index contributed by atoms with van der Waals surface area (Å²) in [5.74, 6) is 0.815. The molecule has 4 rings (SSSR count). The Hall–Kier alpha value is -4.63. The van der Waals surface area contributed by atoms with Crippen LogP contribution >= 0.6 is 15.9 Å². The number of esters is 1. The quantitative estimate of drug-likeness (QED) is 0.105. The average molecular weight is 589 g/mol. The van der Waals surface area contributed by atoms with Gasteiger partial charge >= 0.3 is 5.97 Å². The van der Waals surface area contributed by atoms with E-state index in [-0.39, 0.29) is 11.3 Å². The molecule has 0 aliphatic carbocycles. The van der Waals surface area contributed by atoms with Crippen molar-refractivity contribution in [1.29, 1.82) is 0 Å². The van der Waals surface area contributed by atoms with Gasteiger partial charge in [0, 0.05) is 15.6 Å². The number of halogens is 1. The van der Waals surface area contributed by atoms with Crippen molar-refractivity contribution in [3.8, 4) is 23.0 Å². The minimum absolute atomic E-state index is 0.260. The third-order valence-corrected chi connectivity index (χ3v) is 6.02. The number of methoxy groups -OCH3 is 2. The molecular formula is C30H25BrN2O6. The second-order valence-electron chi connectivity index (χ2n) is 8.14. The van der Waals surface area contributed by atoms with Gasteiger partial charge in [0.15, 0.2) is 11.5 Å². The van der Waals surface area contributed by atoms with Crippen LogP contribution in [0.4, 0.5) is 0 Å². The number of hydrogen-bond acceptors (Lipinski definition) is 7. The van der Waals surface area contributed by atoms with Crippen LogP contribution in [-0.4, -0.2) is 32.3 Å². The van der Waals surface area contributed by atoms with Gasteiger partial charge < -0.3 is 18.9 Å². The Balaban J connectivity index is 1.39. The van der Waals surface area contributed by atoms with Crippen LogP contribution in [-0.2, 0) is 6.61 Å². The molecule has 0 fully saturated rings. The van der Waals surface area contributed by atoms with Crippen molar-refractivity contribution in [2.45, 2.75) is 6.61 Å². The third kappa shape index (κ3) is 7.45. The molecule has 0 aliphatic heterocycles. The van der Waals surface area contributed by atoms with Crippen LogP contribution in [0.1, 0.15) is 31.8 Å². The second-order valence-corrected chi connectivity index (χ2v) is 9.05. The molecule has 0 atom stereocenters. The minimum atomic E-state index is -0.591. The first-order chi connectivity index (χ1) is 19.0. The van der Waals surface area contributed by atoms with Crippen molar-refractivity contribution in [2.75, 3.05) is 14.2 Å². The Morgan fingerprint density at radius 1 is 0.821 bits per heavy atom. The molecule has 0 aromatic heterocycles. The first kappa shape index (κ1) is 27.4. The van der Waals surface area contributed by atoms with Gasteiger partial charge in [0.1, 0.15) is 18.1 Å². The summed E-state index contributed by atoms with van der Waals surface area (Å²) in [6.45, 7) is 0.433. The molecule has 198 valence electrons. The summed E-state index contributed by atoms with van der Waals surface area (Å²) >= 11 is 3.40. The third-order valence-electron chi connectivity index (χ3n) is 5.53. The molecule has 0 heterocycles. The largest absolute Gasteiger partial charge is 0.493 e. The topological polar surface area (TPSA) is 95.5 Å². The van der Waals surface area contributed by atoms with Gasteiger partial charge in [-0.2, -0.15) is 5.10 Å². The van der Waals surface area contributed by atoms with E-state index < -0.39 is 11.9 Å². The highest BCUT2D eigenvalue weighted by Crippen LogP contribution is 2.29. The fourth-order valence-electron chi connectivity index (χ4n) is 3.50. The lowest BCUT2D eigenvalue weighted by Gasteiger charge is -2.11. The van der Waals surface area contributed by atoms with Gasteiger partial charge in [-0.1, -0.05) is 46.3 Å². The number of nitrogens with zero attached hydrogens (tertiary/aromatic N) is 1. The fraction of sp³-hybridized carbons (Fsp3) is 0.100. The highest BCUT2D eigenvalue weighted by molar-refractivity contribution is 9.10. The number of hydrogen-bond donors (Lipinski definition) is 1. The highest BCUT2D eigenvalue weighted by Gasteiger charge is 2.15. The number of benzene rings is 4. The summed E-state index contributed by atoms with van der Waals surface area (Å²) < 4.78 is 22.6. The van der Waals surface area contributed by atoms with Crippen LogP contribution in [0.15, 0.2) is 101 Å². The molecule has 1 amide bonds. The zero-order chi connectivity index (χ0) is 27.6. The monoisotopic (exact) mass is 588 g/mol. The Bertz CT molecular complexity index is 1470. The van der Waals surface area contributed by atoms with Crippen molar-refractivity contribution >= 4 is 34.0 Å². The smallest absolute Gasteiger partial charge is 0.343 e. The molecule has 0 spiro atoms. The van der Waals surface area contributed by atoms with Crippen molar-refractivity contribution in [3.05, 3.63) is 118 Å². The summed E-state index contributed by atoms with van der Waals surface area (Å²) in [5, 5.41) is 4.04. The van der Waals surface area contributed by atoms with Crippen LogP contribution in [0.5, 0.6) is 23.0 Å². The van der Waals surface area contributed by atoms with Crippen molar-refractivity contribution in [2.24, 2.45) is 5.10 Å². The maximum Gasteiger partial charge on any atom is 0.343 e. The van der Waals surface area contributed by atoms with E-state index in [0.29, 0.717) is 35.0 Å². The van der Waals surface area contributed by atoms with Gasteiger partial charge in [-0.15, -0.1) is 0 Å². The molecule has 0 saturated carbocycles. The van der Waals surface area contributed by atoms with E-state index in [1.54, 1.807) is 54.6 Å². The highest BCUT2D eigenvalue weighted by atomic mass is 79.9. The maximum atomic E-state index is 12.8. The lowest BCUT2D eigenvalue weighted by molar-refractivity contribution is 0.0733. The van der Waals surface area contributed by atoms with E-state index in [4.69, 9.17) is 18.9 Å².